The highest BCUT2D eigenvalue weighted by Gasteiger charge is 2.61. The Labute approximate surface area is 162 Å². The molecule has 0 aliphatic heterocycles. The van der Waals surface area contributed by atoms with Crippen molar-refractivity contribution in [2.24, 2.45) is 0 Å². The maximum atomic E-state index is 14.4. The molecule has 1 unspecified atom stereocenters. The molecule has 29 heavy (non-hydrogen) atoms. The largest absolute Gasteiger partial charge is 0.425 e. The van der Waals surface area contributed by atoms with Crippen LogP contribution in [0.4, 0.5) is 17.6 Å². The third-order valence-electron chi connectivity index (χ3n) is 5.04. The molecular formula is C20H16F4N2O3. The number of hydrogen-bond acceptors (Lipinski definition) is 4. The van der Waals surface area contributed by atoms with Gasteiger partial charge < -0.3 is 15.3 Å². The standard InChI is InChI=1S/C20H16F4N2O3/c21-12-5-15(11-7-25-26(8-11)9-13(28)10-27)18-14-3-1-2-4-16(14)19(29,17(18)6-12)20(22,23)24/h1-8,13,27-29H,9-10H2/t13-,19?/m0/s1. The van der Waals surface area contributed by atoms with Crippen LogP contribution < -0.4 is 0 Å². The van der Waals surface area contributed by atoms with Crippen molar-refractivity contribution < 1.29 is 32.9 Å². The van der Waals surface area contributed by atoms with Gasteiger partial charge in [0.1, 0.15) is 5.82 Å². The number of nitrogens with zero attached hydrogens (tertiary/aromatic N) is 2. The Morgan fingerprint density at radius 1 is 1.10 bits per heavy atom. The van der Waals surface area contributed by atoms with Crippen molar-refractivity contribution in [2.75, 3.05) is 6.61 Å². The molecular weight excluding hydrogens is 392 g/mol. The van der Waals surface area contributed by atoms with Crippen LogP contribution in [-0.2, 0) is 12.1 Å². The van der Waals surface area contributed by atoms with Gasteiger partial charge >= 0.3 is 6.18 Å². The smallest absolute Gasteiger partial charge is 0.394 e. The highest BCUT2D eigenvalue weighted by atomic mass is 19.4. The van der Waals surface area contributed by atoms with Gasteiger partial charge in [-0.2, -0.15) is 18.3 Å². The van der Waals surface area contributed by atoms with E-state index in [1.807, 2.05) is 0 Å². The number of hydrogen-bond donors (Lipinski definition) is 3. The fourth-order valence-corrected chi connectivity index (χ4v) is 3.75. The quantitative estimate of drug-likeness (QED) is 0.581. The summed E-state index contributed by atoms with van der Waals surface area (Å²) in [5.74, 6) is -0.933. The van der Waals surface area contributed by atoms with Crippen LogP contribution >= 0.6 is 0 Å². The normalized spacial score (nSPS) is 19.1. The Hall–Kier alpha value is -2.75. The lowest BCUT2D eigenvalue weighted by molar-refractivity contribution is -0.246. The molecule has 2 aromatic carbocycles. The molecule has 0 fully saturated rings. The summed E-state index contributed by atoms with van der Waals surface area (Å²) in [4.78, 5) is 0. The van der Waals surface area contributed by atoms with E-state index in [4.69, 9.17) is 5.11 Å². The van der Waals surface area contributed by atoms with Gasteiger partial charge in [0.05, 0.1) is 25.5 Å². The van der Waals surface area contributed by atoms with Gasteiger partial charge in [-0.05, 0) is 28.8 Å². The Kier molecular flexibility index (Phi) is 4.49. The summed E-state index contributed by atoms with van der Waals surface area (Å²) in [6, 6.07) is 7.32. The van der Waals surface area contributed by atoms with E-state index in [0.717, 1.165) is 6.07 Å². The number of aromatic nitrogens is 2. The molecule has 1 aromatic heterocycles. The first kappa shape index (κ1) is 19.6. The lowest BCUT2D eigenvalue weighted by Gasteiger charge is -2.28. The van der Waals surface area contributed by atoms with E-state index in [2.05, 4.69) is 5.10 Å². The second-order valence-corrected chi connectivity index (χ2v) is 6.92. The van der Waals surface area contributed by atoms with Gasteiger partial charge in [0.15, 0.2) is 0 Å². The van der Waals surface area contributed by atoms with Crippen molar-refractivity contribution in [1.82, 2.24) is 9.78 Å². The van der Waals surface area contributed by atoms with Crippen LogP contribution in [0.15, 0.2) is 48.8 Å². The number of rotatable bonds is 4. The average molecular weight is 408 g/mol. The highest BCUT2D eigenvalue weighted by molar-refractivity contribution is 5.92. The molecule has 1 heterocycles. The summed E-state index contributed by atoms with van der Waals surface area (Å²) in [5, 5.41) is 33.2. The fourth-order valence-electron chi connectivity index (χ4n) is 3.75. The minimum absolute atomic E-state index is 0.0446. The predicted octanol–water partition coefficient (Wildman–Crippen LogP) is 2.82. The summed E-state index contributed by atoms with van der Waals surface area (Å²) in [7, 11) is 0. The van der Waals surface area contributed by atoms with Crippen LogP contribution in [0.3, 0.4) is 0 Å². The van der Waals surface area contributed by atoms with Gasteiger partial charge in [0, 0.05) is 22.9 Å². The monoisotopic (exact) mass is 408 g/mol. The van der Waals surface area contributed by atoms with Gasteiger partial charge in [-0.25, -0.2) is 4.39 Å². The summed E-state index contributed by atoms with van der Waals surface area (Å²) in [6.45, 7) is -0.534. The Balaban J connectivity index is 1.95. The number of fused-ring (bicyclic) bond motifs is 3. The number of aliphatic hydroxyl groups excluding tert-OH is 2. The minimum atomic E-state index is -5.06. The number of aliphatic hydroxyl groups is 3. The summed E-state index contributed by atoms with van der Waals surface area (Å²) in [5.41, 5.74) is -3.60. The Bertz CT molecular complexity index is 1080. The molecule has 152 valence electrons. The molecule has 0 saturated carbocycles. The van der Waals surface area contributed by atoms with E-state index in [-0.39, 0.29) is 28.8 Å². The van der Waals surface area contributed by atoms with Gasteiger partial charge in [-0.15, -0.1) is 0 Å². The second kappa shape index (κ2) is 6.65. The van der Waals surface area contributed by atoms with Gasteiger partial charge in [-0.3, -0.25) is 4.68 Å². The molecule has 3 aromatic rings. The topological polar surface area (TPSA) is 78.5 Å². The Morgan fingerprint density at radius 2 is 1.83 bits per heavy atom. The third kappa shape index (κ3) is 2.93. The third-order valence-corrected chi connectivity index (χ3v) is 5.04. The van der Waals surface area contributed by atoms with E-state index in [1.165, 1.54) is 35.3 Å². The lowest BCUT2D eigenvalue weighted by atomic mass is 9.89. The SMILES string of the molecule is OC[C@@H](O)Cn1cc(-c2cc(F)cc3c2-c2ccccc2C3(O)C(F)(F)F)cn1. The van der Waals surface area contributed by atoms with Crippen LogP contribution in [-0.4, -0.2) is 44.0 Å². The minimum Gasteiger partial charge on any atom is -0.394 e. The highest BCUT2D eigenvalue weighted by Crippen LogP contribution is 2.57. The first-order valence-electron chi connectivity index (χ1n) is 8.71. The predicted molar refractivity (Wildman–Crippen MR) is 95.2 cm³/mol. The summed E-state index contributed by atoms with van der Waals surface area (Å²) in [6.07, 6.45) is -3.37. The van der Waals surface area contributed by atoms with Gasteiger partial charge in [0.2, 0.25) is 5.60 Å². The molecule has 0 amide bonds. The number of benzene rings is 2. The van der Waals surface area contributed by atoms with Gasteiger partial charge in [-0.1, -0.05) is 24.3 Å². The van der Waals surface area contributed by atoms with Crippen molar-refractivity contribution in [3.05, 3.63) is 65.7 Å². The van der Waals surface area contributed by atoms with Crippen molar-refractivity contribution in [3.63, 3.8) is 0 Å². The number of halogens is 4. The zero-order chi connectivity index (χ0) is 21.0. The average Bonchev–Trinajstić information content (AvgIpc) is 3.23. The Morgan fingerprint density at radius 3 is 2.52 bits per heavy atom. The molecule has 3 N–H and O–H groups in total. The van der Waals surface area contributed by atoms with Gasteiger partial charge in [0.25, 0.3) is 0 Å². The zero-order valence-corrected chi connectivity index (χ0v) is 14.9. The maximum Gasteiger partial charge on any atom is 0.425 e. The molecule has 9 heteroatoms. The molecule has 2 atom stereocenters. The van der Waals surface area contributed by atoms with Crippen LogP contribution in [0.25, 0.3) is 22.3 Å². The van der Waals surface area contributed by atoms with Crippen molar-refractivity contribution in [2.45, 2.75) is 24.4 Å². The molecule has 0 bridgehead atoms. The lowest BCUT2D eigenvalue weighted by Crippen LogP contribution is -2.41. The fraction of sp³-hybridized carbons (Fsp3) is 0.250. The zero-order valence-electron chi connectivity index (χ0n) is 14.9. The van der Waals surface area contributed by atoms with Crippen LogP contribution in [0.2, 0.25) is 0 Å². The van der Waals surface area contributed by atoms with Crippen molar-refractivity contribution in [1.29, 1.82) is 0 Å². The first-order valence-corrected chi connectivity index (χ1v) is 8.71. The molecule has 0 spiro atoms. The molecule has 4 rings (SSSR count). The summed E-state index contributed by atoms with van der Waals surface area (Å²) < 4.78 is 57.4. The molecule has 1 aliphatic carbocycles. The van der Waals surface area contributed by atoms with E-state index in [1.54, 1.807) is 6.07 Å². The van der Waals surface area contributed by atoms with Crippen molar-refractivity contribution >= 4 is 0 Å². The summed E-state index contributed by atoms with van der Waals surface area (Å²) >= 11 is 0. The van der Waals surface area contributed by atoms with E-state index >= 15 is 0 Å². The van der Waals surface area contributed by atoms with E-state index in [9.17, 15) is 27.8 Å². The molecule has 0 saturated heterocycles. The van der Waals surface area contributed by atoms with Crippen LogP contribution in [0.1, 0.15) is 11.1 Å². The maximum absolute atomic E-state index is 14.4. The van der Waals surface area contributed by atoms with Crippen LogP contribution in [0, 0.1) is 5.82 Å². The van der Waals surface area contributed by atoms with Crippen LogP contribution in [0.5, 0.6) is 0 Å². The molecule has 5 nitrogen and oxygen atoms in total. The second-order valence-electron chi connectivity index (χ2n) is 6.92. The first-order chi connectivity index (χ1) is 13.7. The molecule has 0 radical (unpaired) electrons. The molecule has 1 aliphatic rings. The van der Waals surface area contributed by atoms with Crippen molar-refractivity contribution in [3.8, 4) is 22.3 Å². The van der Waals surface area contributed by atoms with E-state index in [0.29, 0.717) is 11.6 Å². The number of alkyl halides is 3. The van der Waals surface area contributed by atoms with E-state index < -0.39 is 35.9 Å².